The van der Waals surface area contributed by atoms with Crippen LogP contribution in [0.25, 0.3) is 0 Å². The van der Waals surface area contributed by atoms with Gasteiger partial charge in [-0.3, -0.25) is 9.59 Å². The van der Waals surface area contributed by atoms with Crippen LogP contribution in [-0.4, -0.2) is 54.8 Å². The number of hydrogen-bond donors (Lipinski definition) is 1. The predicted molar refractivity (Wildman–Crippen MR) is 79.4 cm³/mol. The van der Waals surface area contributed by atoms with Crippen molar-refractivity contribution in [3.63, 3.8) is 0 Å². The Bertz CT molecular complexity index is 541. The Morgan fingerprint density at radius 2 is 1.95 bits per heavy atom. The van der Waals surface area contributed by atoms with E-state index in [-0.39, 0.29) is 29.2 Å². The first kappa shape index (κ1) is 16.3. The van der Waals surface area contributed by atoms with Crippen molar-refractivity contribution in [1.82, 2.24) is 10.2 Å². The molecule has 1 N–H and O–H groups in total. The lowest BCUT2D eigenvalue weighted by Crippen LogP contribution is -2.69. The highest BCUT2D eigenvalue weighted by Gasteiger charge is 2.54. The van der Waals surface area contributed by atoms with E-state index in [4.69, 9.17) is 0 Å². The average molecular weight is 316 g/mol. The molecule has 120 valence electrons. The van der Waals surface area contributed by atoms with E-state index in [1.54, 1.807) is 25.7 Å². The molecule has 1 aliphatic carbocycles. The molecule has 2 aliphatic rings. The Labute approximate surface area is 126 Å². The van der Waals surface area contributed by atoms with Gasteiger partial charge in [-0.1, -0.05) is 6.92 Å². The summed E-state index contributed by atoms with van der Waals surface area (Å²) >= 11 is 0. The fraction of sp³-hybridized carbons (Fsp3) is 0.857. The van der Waals surface area contributed by atoms with E-state index < -0.39 is 21.4 Å². The van der Waals surface area contributed by atoms with Crippen LogP contribution in [0.2, 0.25) is 0 Å². The number of nitrogens with one attached hydrogen (secondary N) is 1. The van der Waals surface area contributed by atoms with E-state index in [1.165, 1.54) is 0 Å². The van der Waals surface area contributed by atoms with Crippen LogP contribution >= 0.6 is 0 Å². The number of piperazine rings is 1. The van der Waals surface area contributed by atoms with Crippen LogP contribution in [-0.2, 0) is 19.4 Å². The Kier molecular flexibility index (Phi) is 4.33. The third kappa shape index (κ3) is 3.22. The normalized spacial score (nSPS) is 30.4. The van der Waals surface area contributed by atoms with Crippen LogP contribution in [0.3, 0.4) is 0 Å². The molecule has 2 rings (SSSR count). The van der Waals surface area contributed by atoms with Crippen molar-refractivity contribution in [3.8, 4) is 0 Å². The highest BCUT2D eigenvalue weighted by molar-refractivity contribution is 7.91. The molecule has 2 amide bonds. The summed E-state index contributed by atoms with van der Waals surface area (Å²) in [6.45, 7) is 5.40. The zero-order valence-electron chi connectivity index (χ0n) is 12.9. The van der Waals surface area contributed by atoms with Crippen LogP contribution in [0.1, 0.15) is 40.0 Å². The van der Waals surface area contributed by atoms with E-state index in [0.717, 1.165) is 12.8 Å². The zero-order chi connectivity index (χ0) is 15.8. The maximum Gasteiger partial charge on any atom is 0.248 e. The average Bonchev–Trinajstić information content (AvgIpc) is 3.25. The fourth-order valence-corrected chi connectivity index (χ4v) is 3.72. The number of hydrogen-bond acceptors (Lipinski definition) is 4. The van der Waals surface area contributed by atoms with Gasteiger partial charge in [0.05, 0.1) is 5.75 Å². The molecule has 7 heteroatoms. The molecule has 0 aromatic carbocycles. The number of amides is 2. The van der Waals surface area contributed by atoms with Crippen LogP contribution in [0.4, 0.5) is 0 Å². The number of carbonyl (C=O) groups excluding carboxylic acids is 2. The summed E-state index contributed by atoms with van der Waals surface area (Å²) in [5.74, 6) is 0.148. The third-order valence-electron chi connectivity index (χ3n) is 4.62. The molecule has 21 heavy (non-hydrogen) atoms. The Morgan fingerprint density at radius 1 is 1.33 bits per heavy atom. The van der Waals surface area contributed by atoms with Gasteiger partial charge < -0.3 is 10.2 Å². The van der Waals surface area contributed by atoms with Crippen molar-refractivity contribution in [3.05, 3.63) is 0 Å². The Morgan fingerprint density at radius 3 is 2.48 bits per heavy atom. The second kappa shape index (κ2) is 5.59. The highest BCUT2D eigenvalue weighted by Crippen LogP contribution is 2.42. The molecule has 0 aromatic rings. The topological polar surface area (TPSA) is 83.6 Å². The summed E-state index contributed by atoms with van der Waals surface area (Å²) < 4.78 is 23.1. The number of sulfone groups is 1. The van der Waals surface area contributed by atoms with E-state index in [9.17, 15) is 18.0 Å². The first-order valence-electron chi connectivity index (χ1n) is 7.55. The number of nitrogens with zero attached hydrogens (tertiary/aromatic N) is 1. The molecule has 1 aliphatic heterocycles. The van der Waals surface area contributed by atoms with Crippen LogP contribution in [0.15, 0.2) is 0 Å². The minimum atomic E-state index is -3.04. The van der Waals surface area contributed by atoms with Crippen molar-refractivity contribution in [2.75, 3.05) is 18.1 Å². The lowest BCUT2D eigenvalue weighted by atomic mass is 9.89. The van der Waals surface area contributed by atoms with Crippen LogP contribution < -0.4 is 5.32 Å². The molecule has 2 unspecified atom stereocenters. The molecular formula is C14H24N2O4S. The monoisotopic (exact) mass is 316 g/mol. The highest BCUT2D eigenvalue weighted by atomic mass is 32.2. The molecule has 6 nitrogen and oxygen atoms in total. The molecule has 2 fully saturated rings. The summed E-state index contributed by atoms with van der Waals surface area (Å²) in [5.41, 5.74) is -0.812. The van der Waals surface area contributed by atoms with Crippen molar-refractivity contribution in [2.45, 2.75) is 51.6 Å². The largest absolute Gasteiger partial charge is 0.340 e. The Hall–Kier alpha value is -1.11. The van der Waals surface area contributed by atoms with Gasteiger partial charge in [-0.05, 0) is 39.0 Å². The van der Waals surface area contributed by atoms with Gasteiger partial charge in [0.15, 0.2) is 0 Å². The second-order valence-electron chi connectivity index (χ2n) is 6.23. The van der Waals surface area contributed by atoms with Crippen molar-refractivity contribution < 1.29 is 18.0 Å². The van der Waals surface area contributed by atoms with Gasteiger partial charge in [0.25, 0.3) is 0 Å². The predicted octanol–water partition coefficient (Wildman–Crippen LogP) is 0.327. The van der Waals surface area contributed by atoms with Crippen LogP contribution in [0, 0.1) is 5.92 Å². The van der Waals surface area contributed by atoms with E-state index >= 15 is 0 Å². The maximum absolute atomic E-state index is 12.7. The van der Waals surface area contributed by atoms with E-state index in [0.29, 0.717) is 13.0 Å². The minimum Gasteiger partial charge on any atom is -0.340 e. The standard InChI is InChI=1S/C14H24N2O4S/c1-4-21(19,20)9-5-8-16-10(2)12(17)15-14(3,13(16)18)11-6-7-11/h10-11H,4-9H2,1-3H3,(H,15,17). The minimum absolute atomic E-state index is 0.0573. The van der Waals surface area contributed by atoms with Gasteiger partial charge in [-0.2, -0.15) is 0 Å². The quantitative estimate of drug-likeness (QED) is 0.765. The summed E-state index contributed by atoms with van der Waals surface area (Å²) in [5, 5.41) is 2.85. The molecule has 0 radical (unpaired) electrons. The maximum atomic E-state index is 12.7. The van der Waals surface area contributed by atoms with Gasteiger partial charge in [-0.25, -0.2) is 8.42 Å². The van der Waals surface area contributed by atoms with E-state index in [1.807, 2.05) is 0 Å². The number of carbonyl (C=O) groups is 2. The second-order valence-corrected chi connectivity index (χ2v) is 8.70. The molecule has 1 saturated heterocycles. The molecule has 2 atom stereocenters. The number of rotatable bonds is 6. The molecule has 0 bridgehead atoms. The summed E-state index contributed by atoms with van der Waals surface area (Å²) in [4.78, 5) is 26.3. The first-order valence-corrected chi connectivity index (χ1v) is 9.37. The SMILES string of the molecule is CCS(=O)(=O)CCCN1C(=O)C(C)(C2CC2)NC(=O)C1C. The molecule has 1 saturated carbocycles. The van der Waals surface area contributed by atoms with Crippen LogP contribution in [0.5, 0.6) is 0 Å². The van der Waals surface area contributed by atoms with Gasteiger partial charge in [0.1, 0.15) is 21.4 Å². The Balaban J connectivity index is 2.05. The summed E-state index contributed by atoms with van der Waals surface area (Å²) in [6, 6.07) is -0.534. The van der Waals surface area contributed by atoms with E-state index in [2.05, 4.69) is 5.32 Å². The van der Waals surface area contributed by atoms with Gasteiger partial charge in [0.2, 0.25) is 11.8 Å². The molecule has 0 spiro atoms. The van der Waals surface area contributed by atoms with Crippen molar-refractivity contribution >= 4 is 21.7 Å². The molecule has 1 heterocycles. The third-order valence-corrected chi connectivity index (χ3v) is 6.41. The van der Waals surface area contributed by atoms with Gasteiger partial charge >= 0.3 is 0 Å². The van der Waals surface area contributed by atoms with Crippen molar-refractivity contribution in [1.29, 1.82) is 0 Å². The van der Waals surface area contributed by atoms with Gasteiger partial charge in [-0.15, -0.1) is 0 Å². The summed E-state index contributed by atoms with van der Waals surface area (Å²) in [6.07, 6.45) is 2.28. The van der Waals surface area contributed by atoms with Gasteiger partial charge in [0, 0.05) is 12.3 Å². The fourth-order valence-electron chi connectivity index (χ4n) is 2.86. The van der Waals surface area contributed by atoms with Crippen molar-refractivity contribution in [2.24, 2.45) is 5.92 Å². The lowest BCUT2D eigenvalue weighted by Gasteiger charge is -2.43. The lowest BCUT2D eigenvalue weighted by molar-refractivity contribution is -0.154. The zero-order valence-corrected chi connectivity index (χ0v) is 13.7. The molecular weight excluding hydrogens is 292 g/mol. The first-order chi connectivity index (χ1) is 9.71. The smallest absolute Gasteiger partial charge is 0.248 e. The molecule has 0 aromatic heterocycles. The summed E-state index contributed by atoms with van der Waals surface area (Å²) in [7, 11) is -3.04.